The van der Waals surface area contributed by atoms with Crippen molar-refractivity contribution in [3.8, 4) is 5.75 Å². The normalized spacial score (nSPS) is 11.8. The minimum absolute atomic E-state index is 0.130. The number of phenolic OH excluding ortho intramolecular Hbond substituents is 1. The van der Waals surface area contributed by atoms with E-state index in [0.717, 1.165) is 10.8 Å². The maximum atomic E-state index is 10.5. The number of hydrazone groups is 1. The molecule has 0 radical (unpaired) electrons. The summed E-state index contributed by atoms with van der Waals surface area (Å²) in [4.78, 5) is 4.03. The van der Waals surface area contributed by atoms with Crippen LogP contribution in [0.25, 0.3) is 10.8 Å². The number of anilines is 1. The first-order valence-corrected chi connectivity index (χ1v) is 8.13. The highest BCUT2D eigenvalue weighted by molar-refractivity contribution is 6.42. The van der Waals surface area contributed by atoms with Gasteiger partial charge in [0.15, 0.2) is 5.82 Å². The van der Waals surface area contributed by atoms with E-state index in [-0.39, 0.29) is 21.7 Å². The minimum Gasteiger partial charge on any atom is -0.507 e. The fraction of sp³-hybridized carbons (Fsp3) is 0.0588. The van der Waals surface area contributed by atoms with Crippen molar-refractivity contribution >= 4 is 57.1 Å². The molecule has 0 aliphatic rings. The van der Waals surface area contributed by atoms with Crippen LogP contribution in [0.5, 0.6) is 5.75 Å². The van der Waals surface area contributed by atoms with Gasteiger partial charge in [-0.05, 0) is 24.4 Å². The van der Waals surface area contributed by atoms with E-state index in [9.17, 15) is 5.11 Å². The lowest BCUT2D eigenvalue weighted by Crippen LogP contribution is -2.02. The molecule has 0 bridgehead atoms. The fourth-order valence-corrected chi connectivity index (χ4v) is 2.81. The van der Waals surface area contributed by atoms with Gasteiger partial charge in [-0.3, -0.25) is 5.43 Å². The Labute approximate surface area is 153 Å². The molecule has 0 spiro atoms. The molecular weight excluding hydrogens is 369 g/mol. The van der Waals surface area contributed by atoms with Crippen LogP contribution in [0.3, 0.4) is 0 Å². The first kappa shape index (κ1) is 16.8. The predicted molar refractivity (Wildman–Crippen MR) is 101 cm³/mol. The molecule has 1 aromatic heterocycles. The molecule has 2 N–H and O–H groups in total. The number of rotatable bonds is 3. The van der Waals surface area contributed by atoms with Crippen molar-refractivity contribution in [1.29, 1.82) is 0 Å². The molecule has 0 unspecified atom stereocenters. The van der Waals surface area contributed by atoms with Gasteiger partial charge >= 0.3 is 0 Å². The van der Waals surface area contributed by atoms with Crippen molar-refractivity contribution in [1.82, 2.24) is 4.98 Å². The number of nitrogens with zero attached hydrogens (tertiary/aromatic N) is 2. The maximum Gasteiger partial charge on any atom is 0.166 e. The van der Waals surface area contributed by atoms with E-state index in [1.54, 1.807) is 6.92 Å². The van der Waals surface area contributed by atoms with Crippen LogP contribution >= 0.6 is 34.8 Å². The highest BCUT2D eigenvalue weighted by atomic mass is 35.5. The van der Waals surface area contributed by atoms with Gasteiger partial charge in [-0.1, -0.05) is 65.1 Å². The zero-order valence-corrected chi connectivity index (χ0v) is 14.8. The number of fused-ring (bicyclic) bond motifs is 1. The number of benzene rings is 2. The summed E-state index contributed by atoms with van der Waals surface area (Å²) in [6.07, 6.45) is 0. The van der Waals surface area contributed by atoms with Crippen LogP contribution in [-0.4, -0.2) is 15.8 Å². The lowest BCUT2D eigenvalue weighted by molar-refractivity contribution is 0.480. The lowest BCUT2D eigenvalue weighted by atomic mass is 10.0. The Balaban J connectivity index is 1.94. The van der Waals surface area contributed by atoms with E-state index in [1.807, 2.05) is 36.4 Å². The van der Waals surface area contributed by atoms with Crippen LogP contribution in [0.1, 0.15) is 12.5 Å². The predicted octanol–water partition coefficient (Wildman–Crippen LogP) is 5.74. The molecule has 3 aromatic rings. The number of phenols is 1. The van der Waals surface area contributed by atoms with Gasteiger partial charge in [0.25, 0.3) is 0 Å². The Bertz CT molecular complexity index is 957. The monoisotopic (exact) mass is 379 g/mol. The molecule has 1 heterocycles. The topological polar surface area (TPSA) is 57.5 Å². The first-order chi connectivity index (χ1) is 11.5. The number of aromatic hydroxyl groups is 1. The molecule has 7 heteroatoms. The number of hydrogen-bond acceptors (Lipinski definition) is 4. The molecule has 0 saturated heterocycles. The smallest absolute Gasteiger partial charge is 0.166 e. The molecule has 24 heavy (non-hydrogen) atoms. The second-order valence-electron chi connectivity index (χ2n) is 5.08. The SMILES string of the molecule is C/C(=N\Nc1nc(Cl)c(Cl)cc1Cl)c1ccc2ccccc2c1O. The van der Waals surface area contributed by atoms with E-state index < -0.39 is 0 Å². The number of hydrogen-bond donors (Lipinski definition) is 2. The van der Waals surface area contributed by atoms with Crippen molar-refractivity contribution in [2.24, 2.45) is 5.10 Å². The molecule has 0 atom stereocenters. The number of nitrogens with one attached hydrogen (secondary N) is 1. The van der Waals surface area contributed by atoms with E-state index in [1.165, 1.54) is 6.07 Å². The molecule has 3 rings (SSSR count). The summed E-state index contributed by atoms with van der Waals surface area (Å²) in [5, 5.41) is 17.1. The first-order valence-electron chi connectivity index (χ1n) is 7.00. The van der Waals surface area contributed by atoms with Crippen molar-refractivity contribution in [3.05, 3.63) is 63.2 Å². The van der Waals surface area contributed by atoms with Crippen LogP contribution in [0.4, 0.5) is 5.82 Å². The van der Waals surface area contributed by atoms with Crippen LogP contribution in [0.2, 0.25) is 15.2 Å². The second-order valence-corrected chi connectivity index (χ2v) is 6.26. The highest BCUT2D eigenvalue weighted by Crippen LogP contribution is 2.30. The number of aromatic nitrogens is 1. The molecular formula is C17H12Cl3N3O. The van der Waals surface area contributed by atoms with Gasteiger partial charge in [-0.15, -0.1) is 0 Å². The van der Waals surface area contributed by atoms with Gasteiger partial charge in [0, 0.05) is 10.9 Å². The molecule has 0 aliphatic heterocycles. The molecule has 0 fully saturated rings. The van der Waals surface area contributed by atoms with Gasteiger partial charge in [0.05, 0.1) is 15.8 Å². The summed E-state index contributed by atoms with van der Waals surface area (Å²) < 4.78 is 0. The Morgan fingerprint density at radius 3 is 2.62 bits per heavy atom. The van der Waals surface area contributed by atoms with E-state index in [2.05, 4.69) is 15.5 Å². The minimum atomic E-state index is 0.130. The Morgan fingerprint density at radius 2 is 1.83 bits per heavy atom. The van der Waals surface area contributed by atoms with Gasteiger partial charge in [-0.25, -0.2) is 4.98 Å². The van der Waals surface area contributed by atoms with Crippen LogP contribution in [0.15, 0.2) is 47.6 Å². The largest absolute Gasteiger partial charge is 0.507 e. The van der Waals surface area contributed by atoms with E-state index in [0.29, 0.717) is 16.3 Å². The van der Waals surface area contributed by atoms with Gasteiger partial charge < -0.3 is 5.11 Å². The third kappa shape index (κ3) is 3.26. The number of pyridine rings is 1. The van der Waals surface area contributed by atoms with Crippen molar-refractivity contribution in [2.75, 3.05) is 5.43 Å². The maximum absolute atomic E-state index is 10.5. The van der Waals surface area contributed by atoms with Gasteiger partial charge in [-0.2, -0.15) is 5.10 Å². The fourth-order valence-electron chi connectivity index (χ4n) is 2.27. The Kier molecular flexibility index (Phi) is 4.81. The van der Waals surface area contributed by atoms with Crippen molar-refractivity contribution in [3.63, 3.8) is 0 Å². The average Bonchev–Trinajstić information content (AvgIpc) is 2.57. The zero-order valence-electron chi connectivity index (χ0n) is 12.5. The van der Waals surface area contributed by atoms with Gasteiger partial charge in [0.1, 0.15) is 10.9 Å². The summed E-state index contributed by atoms with van der Waals surface area (Å²) >= 11 is 17.8. The van der Waals surface area contributed by atoms with Crippen LogP contribution in [-0.2, 0) is 0 Å². The summed E-state index contributed by atoms with van der Waals surface area (Å²) in [6.45, 7) is 1.77. The molecule has 0 aliphatic carbocycles. The second kappa shape index (κ2) is 6.85. The molecule has 0 amide bonds. The van der Waals surface area contributed by atoms with Gasteiger partial charge in [0.2, 0.25) is 0 Å². The summed E-state index contributed by atoms with van der Waals surface area (Å²) in [5.41, 5.74) is 3.93. The zero-order chi connectivity index (χ0) is 17.3. The van der Waals surface area contributed by atoms with Crippen molar-refractivity contribution < 1.29 is 5.11 Å². The average molecular weight is 381 g/mol. The standard InChI is InChI=1S/C17H12Cl3N3O/c1-9(22-23-17-14(19)8-13(18)16(20)21-17)11-7-6-10-4-2-3-5-12(10)15(11)24/h2-8,24H,1H3,(H,21,23)/b22-9+. The molecule has 2 aromatic carbocycles. The third-order valence-corrected chi connectivity index (χ3v) is 4.47. The summed E-state index contributed by atoms with van der Waals surface area (Å²) in [7, 11) is 0. The third-order valence-electron chi connectivity index (χ3n) is 3.51. The highest BCUT2D eigenvalue weighted by Gasteiger charge is 2.10. The van der Waals surface area contributed by atoms with Crippen molar-refractivity contribution in [2.45, 2.75) is 6.92 Å². The van der Waals surface area contributed by atoms with E-state index >= 15 is 0 Å². The Morgan fingerprint density at radius 1 is 1.08 bits per heavy atom. The van der Waals surface area contributed by atoms with Crippen LogP contribution in [0, 0.1) is 0 Å². The number of halogens is 3. The molecule has 0 saturated carbocycles. The van der Waals surface area contributed by atoms with Crippen LogP contribution < -0.4 is 5.43 Å². The summed E-state index contributed by atoms with van der Waals surface area (Å²) in [6, 6.07) is 12.8. The molecule has 4 nitrogen and oxygen atoms in total. The molecule has 122 valence electrons. The summed E-state index contributed by atoms with van der Waals surface area (Å²) in [5.74, 6) is 0.454. The quantitative estimate of drug-likeness (QED) is 0.346. The Hall–Kier alpha value is -2.01. The lowest BCUT2D eigenvalue weighted by Gasteiger charge is -2.09. The van der Waals surface area contributed by atoms with E-state index in [4.69, 9.17) is 34.8 Å².